The third kappa shape index (κ3) is 3.94. The van der Waals surface area contributed by atoms with Gasteiger partial charge < -0.3 is 10.5 Å². The van der Waals surface area contributed by atoms with E-state index < -0.39 is 0 Å². The van der Waals surface area contributed by atoms with Crippen LogP contribution in [-0.4, -0.2) is 17.1 Å². The first-order chi connectivity index (χ1) is 17.1. The number of benzene rings is 2. The van der Waals surface area contributed by atoms with E-state index in [-0.39, 0.29) is 5.54 Å². The molecule has 1 aliphatic carbocycles. The maximum atomic E-state index is 6.55. The van der Waals surface area contributed by atoms with Crippen LogP contribution < -0.4 is 15.5 Å². The fraction of sp³-hybridized carbons (Fsp3) is 0.167. The second-order valence-corrected chi connectivity index (χ2v) is 9.25. The van der Waals surface area contributed by atoms with E-state index in [1.54, 1.807) is 7.11 Å². The van der Waals surface area contributed by atoms with Crippen LogP contribution in [0, 0.1) is 0 Å². The molecule has 172 valence electrons. The van der Waals surface area contributed by atoms with Crippen LogP contribution in [0.15, 0.2) is 91.3 Å². The molecule has 3 aromatic heterocycles. The summed E-state index contributed by atoms with van der Waals surface area (Å²) >= 11 is 0. The molecular weight excluding hydrogens is 432 g/mol. The van der Waals surface area contributed by atoms with Crippen molar-refractivity contribution in [3.8, 4) is 39.5 Å². The van der Waals surface area contributed by atoms with Crippen molar-refractivity contribution in [3.63, 3.8) is 0 Å². The largest absolute Gasteiger partial charge is 0.448 e. The molecule has 0 bridgehead atoms. The standard InChI is InChI=1S/C30H26N4O/c1-35-28-13-10-22(18-33-28)26-17-23-16-25(20-6-3-2-4-7-20)29(34-27(23)19-32-26)21-8-11-24(12-9-21)30(31)14-5-15-30/h2-4,6-13,16-19H,5,14-15,31H2,1H3/p+1. The predicted octanol–water partition coefficient (Wildman–Crippen LogP) is 5.79. The number of fused-ring (bicyclic) bond motifs is 1. The van der Waals surface area contributed by atoms with E-state index in [1.807, 2.05) is 30.6 Å². The summed E-state index contributed by atoms with van der Waals surface area (Å²) in [7, 11) is 1.64. The molecule has 0 aliphatic heterocycles. The van der Waals surface area contributed by atoms with E-state index in [0.29, 0.717) is 5.88 Å². The topological polar surface area (TPSA) is 75.2 Å². The van der Waals surface area contributed by atoms with E-state index in [4.69, 9.17) is 20.4 Å². The molecule has 0 atom stereocenters. The minimum Gasteiger partial charge on any atom is -0.448 e. The number of hydrogen-bond acceptors (Lipinski definition) is 4. The van der Waals surface area contributed by atoms with Gasteiger partial charge in [0.25, 0.3) is 0 Å². The van der Waals surface area contributed by atoms with E-state index in [2.05, 4.69) is 65.6 Å². The molecule has 2 aromatic carbocycles. The smallest absolute Gasteiger partial charge is 0.365 e. The minimum atomic E-state index is -0.170. The molecule has 1 saturated carbocycles. The second kappa shape index (κ2) is 8.60. The van der Waals surface area contributed by atoms with Gasteiger partial charge >= 0.3 is 5.88 Å². The molecule has 35 heavy (non-hydrogen) atoms. The Kier molecular flexibility index (Phi) is 5.27. The molecule has 1 fully saturated rings. The van der Waals surface area contributed by atoms with Crippen LogP contribution in [0.25, 0.3) is 44.5 Å². The predicted molar refractivity (Wildman–Crippen MR) is 139 cm³/mol. The lowest BCUT2D eigenvalue weighted by molar-refractivity contribution is -0.392. The molecule has 0 radical (unpaired) electrons. The molecule has 5 heteroatoms. The molecule has 3 heterocycles. The summed E-state index contributed by atoms with van der Waals surface area (Å²) in [6.07, 6.45) is 7.06. The molecule has 0 unspecified atom stereocenters. The first-order valence-electron chi connectivity index (χ1n) is 12.0. The van der Waals surface area contributed by atoms with Crippen molar-refractivity contribution in [2.45, 2.75) is 24.8 Å². The van der Waals surface area contributed by atoms with Crippen LogP contribution in [0.2, 0.25) is 0 Å². The number of nitrogens with two attached hydrogens (primary N) is 1. The van der Waals surface area contributed by atoms with Crippen LogP contribution in [0.5, 0.6) is 5.88 Å². The Bertz CT molecular complexity index is 1490. The monoisotopic (exact) mass is 459 g/mol. The van der Waals surface area contributed by atoms with Gasteiger partial charge in [0, 0.05) is 22.1 Å². The van der Waals surface area contributed by atoms with Crippen LogP contribution >= 0.6 is 0 Å². The number of aromatic amines is 1. The Morgan fingerprint density at radius 2 is 1.66 bits per heavy atom. The summed E-state index contributed by atoms with van der Waals surface area (Å²) in [6.45, 7) is 0. The summed E-state index contributed by atoms with van der Waals surface area (Å²) in [6, 6.07) is 27.3. The van der Waals surface area contributed by atoms with E-state index in [9.17, 15) is 0 Å². The number of hydrogen-bond donors (Lipinski definition) is 1. The zero-order valence-corrected chi connectivity index (χ0v) is 19.7. The summed E-state index contributed by atoms with van der Waals surface area (Å²) in [4.78, 5) is 12.9. The number of aromatic nitrogens is 3. The van der Waals surface area contributed by atoms with Crippen LogP contribution in [0.1, 0.15) is 24.8 Å². The van der Waals surface area contributed by atoms with Crippen LogP contribution in [0.3, 0.4) is 0 Å². The lowest BCUT2D eigenvalue weighted by atomic mass is 9.72. The Balaban J connectivity index is 1.47. The maximum absolute atomic E-state index is 6.55. The van der Waals surface area contributed by atoms with Crippen molar-refractivity contribution in [1.82, 2.24) is 9.97 Å². The summed E-state index contributed by atoms with van der Waals surface area (Å²) < 4.78 is 5.24. The molecular formula is C30H27N4O+. The first-order valence-corrected chi connectivity index (χ1v) is 12.0. The fourth-order valence-corrected chi connectivity index (χ4v) is 4.80. The van der Waals surface area contributed by atoms with Gasteiger partial charge in [-0.05, 0) is 48.6 Å². The molecule has 3 N–H and O–H groups in total. The minimum absolute atomic E-state index is 0.170. The Morgan fingerprint density at radius 3 is 2.31 bits per heavy atom. The van der Waals surface area contributed by atoms with Crippen molar-refractivity contribution in [2.24, 2.45) is 5.73 Å². The van der Waals surface area contributed by atoms with E-state index in [0.717, 1.165) is 57.4 Å². The highest BCUT2D eigenvalue weighted by Gasteiger charge is 2.34. The highest BCUT2D eigenvalue weighted by Crippen LogP contribution is 2.40. The third-order valence-corrected chi connectivity index (χ3v) is 7.06. The first kappa shape index (κ1) is 21.4. The van der Waals surface area contributed by atoms with Crippen molar-refractivity contribution in [1.29, 1.82) is 0 Å². The summed E-state index contributed by atoms with van der Waals surface area (Å²) in [5, 5.41) is 1.04. The maximum Gasteiger partial charge on any atom is 0.365 e. The number of pyridine rings is 3. The van der Waals surface area contributed by atoms with Gasteiger partial charge in [-0.2, -0.15) is 4.98 Å². The van der Waals surface area contributed by atoms with Gasteiger partial charge in [0.1, 0.15) is 0 Å². The SMILES string of the molecule is COc1ccc(-c2cc3cc(-c4ccccc4)c(-c4ccc(C5(N)CCC5)cc4)nc3cn2)c[nH+]1. The van der Waals surface area contributed by atoms with E-state index >= 15 is 0 Å². The lowest BCUT2D eigenvalue weighted by Crippen LogP contribution is -2.43. The Hall–Kier alpha value is -4.09. The summed E-state index contributed by atoms with van der Waals surface area (Å²) in [5.41, 5.74) is 14.6. The average Bonchev–Trinajstić information content (AvgIpc) is 2.91. The third-order valence-electron chi connectivity index (χ3n) is 7.06. The zero-order chi connectivity index (χ0) is 23.8. The Morgan fingerprint density at radius 1 is 0.886 bits per heavy atom. The van der Waals surface area contributed by atoms with Crippen molar-refractivity contribution >= 4 is 10.9 Å². The number of H-pyrrole nitrogens is 1. The van der Waals surface area contributed by atoms with Crippen LogP contribution in [0.4, 0.5) is 0 Å². The number of rotatable bonds is 5. The zero-order valence-electron chi connectivity index (χ0n) is 19.7. The Labute approximate surface area is 204 Å². The number of methoxy groups -OCH3 is 1. The quantitative estimate of drug-likeness (QED) is 0.361. The van der Waals surface area contributed by atoms with Gasteiger partial charge in [0.15, 0.2) is 6.20 Å². The van der Waals surface area contributed by atoms with Gasteiger partial charge in [-0.25, -0.2) is 4.98 Å². The van der Waals surface area contributed by atoms with Gasteiger partial charge in [-0.3, -0.25) is 4.98 Å². The van der Waals surface area contributed by atoms with Crippen molar-refractivity contribution < 1.29 is 9.72 Å². The number of ether oxygens (including phenoxy) is 1. The fourth-order valence-electron chi connectivity index (χ4n) is 4.80. The lowest BCUT2D eigenvalue weighted by Gasteiger charge is -2.38. The second-order valence-electron chi connectivity index (χ2n) is 9.25. The molecule has 0 amide bonds. The summed E-state index contributed by atoms with van der Waals surface area (Å²) in [5.74, 6) is 0.705. The van der Waals surface area contributed by atoms with E-state index in [1.165, 1.54) is 12.0 Å². The van der Waals surface area contributed by atoms with Gasteiger partial charge in [0.2, 0.25) is 0 Å². The van der Waals surface area contributed by atoms with Crippen molar-refractivity contribution in [2.75, 3.05) is 7.11 Å². The average molecular weight is 460 g/mol. The van der Waals surface area contributed by atoms with Gasteiger partial charge in [0.05, 0.1) is 41.8 Å². The molecule has 0 spiro atoms. The highest BCUT2D eigenvalue weighted by atomic mass is 16.5. The molecule has 0 saturated heterocycles. The van der Waals surface area contributed by atoms with Gasteiger partial charge in [-0.15, -0.1) is 0 Å². The normalized spacial score (nSPS) is 14.5. The van der Waals surface area contributed by atoms with Crippen LogP contribution in [-0.2, 0) is 5.54 Å². The molecule has 1 aliphatic rings. The molecule has 5 nitrogen and oxygen atoms in total. The number of nitrogens with zero attached hydrogens (tertiary/aromatic N) is 2. The number of nitrogens with one attached hydrogen (secondary N) is 1. The highest BCUT2D eigenvalue weighted by molar-refractivity contribution is 5.92. The van der Waals surface area contributed by atoms with Gasteiger partial charge in [-0.1, -0.05) is 54.6 Å². The molecule has 5 aromatic rings. The van der Waals surface area contributed by atoms with Crippen molar-refractivity contribution in [3.05, 3.63) is 96.8 Å². The molecule has 6 rings (SSSR count).